The number of pyridine rings is 1. The Bertz CT molecular complexity index is 419. The van der Waals surface area contributed by atoms with E-state index in [0.717, 1.165) is 16.8 Å². The van der Waals surface area contributed by atoms with Gasteiger partial charge in [0.05, 0.1) is 5.69 Å². The highest BCUT2D eigenvalue weighted by Crippen LogP contribution is 2.19. The standard InChI is InChI=1S/C10H12N4/c1-14-7-9(5-11)10(13-14)8-3-2-4-12-6-8/h2-4,6-7H,5,11H2,1H3. The third kappa shape index (κ3) is 1.52. The van der Waals surface area contributed by atoms with Crippen molar-refractivity contribution in [3.63, 3.8) is 0 Å². The molecule has 0 saturated heterocycles. The van der Waals surface area contributed by atoms with E-state index in [4.69, 9.17) is 5.73 Å². The highest BCUT2D eigenvalue weighted by Gasteiger charge is 2.07. The summed E-state index contributed by atoms with van der Waals surface area (Å²) in [5, 5.41) is 4.35. The maximum Gasteiger partial charge on any atom is 0.0983 e. The van der Waals surface area contributed by atoms with Crippen LogP contribution in [0.3, 0.4) is 0 Å². The summed E-state index contributed by atoms with van der Waals surface area (Å²) in [5.41, 5.74) is 8.60. The van der Waals surface area contributed by atoms with Crippen LogP contribution >= 0.6 is 0 Å². The van der Waals surface area contributed by atoms with Crippen LogP contribution in [0.1, 0.15) is 5.56 Å². The summed E-state index contributed by atoms with van der Waals surface area (Å²) in [6.07, 6.45) is 5.47. The molecule has 2 aromatic heterocycles. The summed E-state index contributed by atoms with van der Waals surface area (Å²) in [4.78, 5) is 4.06. The quantitative estimate of drug-likeness (QED) is 0.763. The van der Waals surface area contributed by atoms with Gasteiger partial charge in [-0.05, 0) is 12.1 Å². The summed E-state index contributed by atoms with van der Waals surface area (Å²) in [7, 11) is 1.89. The fraction of sp³-hybridized carbons (Fsp3) is 0.200. The second-order valence-electron chi connectivity index (χ2n) is 3.12. The lowest BCUT2D eigenvalue weighted by molar-refractivity contribution is 0.769. The number of aromatic nitrogens is 3. The van der Waals surface area contributed by atoms with E-state index in [2.05, 4.69) is 10.1 Å². The van der Waals surface area contributed by atoms with Crippen molar-refractivity contribution in [2.75, 3.05) is 0 Å². The molecule has 2 N–H and O–H groups in total. The van der Waals surface area contributed by atoms with Crippen molar-refractivity contribution in [2.45, 2.75) is 6.54 Å². The molecule has 2 aromatic rings. The first-order valence-electron chi connectivity index (χ1n) is 4.44. The lowest BCUT2D eigenvalue weighted by Crippen LogP contribution is -1.96. The van der Waals surface area contributed by atoms with E-state index in [0.29, 0.717) is 6.54 Å². The first kappa shape index (κ1) is 8.90. The van der Waals surface area contributed by atoms with Crippen LogP contribution in [-0.4, -0.2) is 14.8 Å². The Morgan fingerprint density at radius 1 is 1.50 bits per heavy atom. The van der Waals surface area contributed by atoms with Crippen molar-refractivity contribution in [1.82, 2.24) is 14.8 Å². The zero-order valence-corrected chi connectivity index (χ0v) is 8.01. The predicted octanol–water partition coefficient (Wildman–Crippen LogP) is 0.941. The Hall–Kier alpha value is -1.68. The Balaban J connectivity index is 2.51. The van der Waals surface area contributed by atoms with Gasteiger partial charge in [0, 0.05) is 43.3 Å². The highest BCUT2D eigenvalue weighted by atomic mass is 15.3. The molecule has 0 aromatic carbocycles. The van der Waals surface area contributed by atoms with Crippen LogP contribution in [0, 0.1) is 0 Å². The minimum atomic E-state index is 0.498. The van der Waals surface area contributed by atoms with E-state index in [1.807, 2.05) is 25.4 Å². The largest absolute Gasteiger partial charge is 0.326 e. The second-order valence-corrected chi connectivity index (χ2v) is 3.12. The number of hydrogen-bond acceptors (Lipinski definition) is 3. The molecule has 4 nitrogen and oxygen atoms in total. The first-order chi connectivity index (χ1) is 6.81. The van der Waals surface area contributed by atoms with Gasteiger partial charge in [0.15, 0.2) is 0 Å². The third-order valence-corrected chi connectivity index (χ3v) is 2.06. The van der Waals surface area contributed by atoms with E-state index in [1.54, 1.807) is 17.1 Å². The van der Waals surface area contributed by atoms with Gasteiger partial charge in [0.1, 0.15) is 0 Å². The number of nitrogens with zero attached hydrogens (tertiary/aromatic N) is 3. The third-order valence-electron chi connectivity index (χ3n) is 2.06. The van der Waals surface area contributed by atoms with Crippen LogP contribution in [0.2, 0.25) is 0 Å². The molecule has 0 spiro atoms. The number of rotatable bonds is 2. The molecular formula is C10H12N4. The van der Waals surface area contributed by atoms with E-state index >= 15 is 0 Å². The fourth-order valence-electron chi connectivity index (χ4n) is 1.43. The van der Waals surface area contributed by atoms with Crippen LogP contribution in [0.4, 0.5) is 0 Å². The molecule has 0 aliphatic rings. The smallest absolute Gasteiger partial charge is 0.0983 e. The topological polar surface area (TPSA) is 56.7 Å². The number of hydrogen-bond donors (Lipinski definition) is 1. The fourth-order valence-corrected chi connectivity index (χ4v) is 1.43. The Morgan fingerprint density at radius 2 is 2.36 bits per heavy atom. The minimum absolute atomic E-state index is 0.498. The van der Waals surface area contributed by atoms with Gasteiger partial charge in [-0.2, -0.15) is 5.10 Å². The van der Waals surface area contributed by atoms with Crippen molar-refractivity contribution in [3.8, 4) is 11.3 Å². The molecule has 2 heterocycles. The number of aryl methyl sites for hydroxylation is 1. The van der Waals surface area contributed by atoms with Gasteiger partial charge in [0.25, 0.3) is 0 Å². The van der Waals surface area contributed by atoms with Crippen molar-refractivity contribution < 1.29 is 0 Å². The molecule has 0 amide bonds. The van der Waals surface area contributed by atoms with Crippen LogP contribution in [0.15, 0.2) is 30.7 Å². The molecule has 0 aliphatic heterocycles. The Labute approximate surface area is 82.4 Å². The molecule has 0 bridgehead atoms. The van der Waals surface area contributed by atoms with Crippen molar-refractivity contribution in [1.29, 1.82) is 0 Å². The van der Waals surface area contributed by atoms with Crippen molar-refractivity contribution >= 4 is 0 Å². The molecule has 0 saturated carbocycles. The molecular weight excluding hydrogens is 176 g/mol. The van der Waals surface area contributed by atoms with Gasteiger partial charge in [-0.1, -0.05) is 0 Å². The van der Waals surface area contributed by atoms with Crippen molar-refractivity contribution in [3.05, 3.63) is 36.3 Å². The molecule has 0 aliphatic carbocycles. The van der Waals surface area contributed by atoms with Gasteiger partial charge < -0.3 is 5.73 Å². The molecule has 0 radical (unpaired) electrons. The van der Waals surface area contributed by atoms with Crippen molar-refractivity contribution in [2.24, 2.45) is 12.8 Å². The van der Waals surface area contributed by atoms with Gasteiger partial charge in [0.2, 0.25) is 0 Å². The van der Waals surface area contributed by atoms with Crippen LogP contribution in [-0.2, 0) is 13.6 Å². The van der Waals surface area contributed by atoms with E-state index in [-0.39, 0.29) is 0 Å². The Morgan fingerprint density at radius 3 is 3.00 bits per heavy atom. The molecule has 2 rings (SSSR count). The van der Waals surface area contributed by atoms with Gasteiger partial charge in [-0.3, -0.25) is 9.67 Å². The van der Waals surface area contributed by atoms with Gasteiger partial charge in [-0.25, -0.2) is 0 Å². The van der Waals surface area contributed by atoms with Gasteiger partial charge >= 0.3 is 0 Å². The predicted molar refractivity (Wildman–Crippen MR) is 54.3 cm³/mol. The lowest BCUT2D eigenvalue weighted by Gasteiger charge is -1.97. The maximum absolute atomic E-state index is 5.63. The lowest BCUT2D eigenvalue weighted by atomic mass is 10.1. The minimum Gasteiger partial charge on any atom is -0.326 e. The average Bonchev–Trinajstić information content (AvgIpc) is 2.61. The number of nitrogens with two attached hydrogens (primary N) is 1. The highest BCUT2D eigenvalue weighted by molar-refractivity contribution is 5.61. The van der Waals surface area contributed by atoms with Crippen LogP contribution in [0.25, 0.3) is 11.3 Å². The second kappa shape index (κ2) is 3.59. The van der Waals surface area contributed by atoms with Crippen LogP contribution in [0.5, 0.6) is 0 Å². The first-order valence-corrected chi connectivity index (χ1v) is 4.44. The molecule has 0 atom stereocenters. The van der Waals surface area contributed by atoms with E-state index in [9.17, 15) is 0 Å². The summed E-state index contributed by atoms with van der Waals surface area (Å²) >= 11 is 0. The summed E-state index contributed by atoms with van der Waals surface area (Å²) in [6, 6.07) is 3.87. The average molecular weight is 188 g/mol. The maximum atomic E-state index is 5.63. The molecule has 72 valence electrons. The zero-order chi connectivity index (χ0) is 9.97. The SMILES string of the molecule is Cn1cc(CN)c(-c2cccnc2)n1. The monoisotopic (exact) mass is 188 g/mol. The van der Waals surface area contributed by atoms with Gasteiger partial charge in [-0.15, -0.1) is 0 Å². The Kier molecular flexibility index (Phi) is 2.28. The summed E-state index contributed by atoms with van der Waals surface area (Å²) in [6.45, 7) is 0.498. The molecule has 4 heteroatoms. The molecule has 0 fully saturated rings. The van der Waals surface area contributed by atoms with Crippen LogP contribution < -0.4 is 5.73 Å². The molecule has 0 unspecified atom stereocenters. The normalized spacial score (nSPS) is 10.4. The summed E-state index contributed by atoms with van der Waals surface area (Å²) < 4.78 is 1.77. The molecule has 14 heavy (non-hydrogen) atoms. The summed E-state index contributed by atoms with van der Waals surface area (Å²) in [5.74, 6) is 0. The zero-order valence-electron chi connectivity index (χ0n) is 8.01. The van der Waals surface area contributed by atoms with E-state index < -0.39 is 0 Å². The van der Waals surface area contributed by atoms with E-state index in [1.165, 1.54) is 0 Å².